The van der Waals surface area contributed by atoms with Crippen LogP contribution in [0, 0.1) is 12.3 Å². The predicted octanol–water partition coefficient (Wildman–Crippen LogP) is 2.59. The molecule has 0 spiro atoms. The molecule has 204 valence electrons. The first-order chi connectivity index (χ1) is 17.6. The van der Waals surface area contributed by atoms with Crippen LogP contribution in [0.15, 0.2) is 18.3 Å². The zero-order valence-corrected chi connectivity index (χ0v) is 23.0. The van der Waals surface area contributed by atoms with Gasteiger partial charge < -0.3 is 20.4 Å². The lowest BCUT2D eigenvalue weighted by atomic mass is 10.2. The summed E-state index contributed by atoms with van der Waals surface area (Å²) in [6, 6.07) is 4.31. The van der Waals surface area contributed by atoms with Gasteiger partial charge in [-0.05, 0) is 59.7 Å². The third kappa shape index (κ3) is 12.4. The van der Waals surface area contributed by atoms with E-state index >= 15 is 0 Å². The molecule has 0 fully saturated rings. The summed E-state index contributed by atoms with van der Waals surface area (Å²) in [5.74, 6) is 1.86. The number of carbonyl (C=O) groups excluding carboxylic acids is 3. The van der Waals surface area contributed by atoms with Gasteiger partial charge in [0.1, 0.15) is 11.9 Å². The summed E-state index contributed by atoms with van der Waals surface area (Å²) in [7, 11) is 0. The lowest BCUT2D eigenvalue weighted by Crippen LogP contribution is -2.42. The Bertz CT molecular complexity index is 986. The molecule has 3 N–H and O–H groups in total. The zero-order valence-electron chi connectivity index (χ0n) is 23.0. The number of hydrogen-bond acceptors (Lipinski definition) is 7. The van der Waals surface area contributed by atoms with Crippen LogP contribution in [-0.2, 0) is 25.5 Å². The first-order valence-corrected chi connectivity index (χ1v) is 12.8. The lowest BCUT2D eigenvalue weighted by Gasteiger charge is -2.28. The molecule has 2 aromatic rings. The Kier molecular flexibility index (Phi) is 14.6. The average molecular weight is 515 g/mol. The number of ether oxygens (including phenoxy) is 1. The first kappa shape index (κ1) is 31.6. The monoisotopic (exact) mass is 514 g/mol. The standard InChI is InChI=1S/C19H23N5O4.C8H19N/c1-3-13(11-18(27)28-4-2)22-17(26)12-21-16(25)9-5-8-15-23-14-7-6-10-20-19(14)24-15;1-6-9(7(2)3)8(4)5/h1,6-7,10,13H,4-5,8-9,11-12H2,2H3,(H,21,25)(H,22,26)(H,20,23,24);7-8H,6H2,1-5H3. The largest absolute Gasteiger partial charge is 0.466 e. The number of pyridine rings is 1. The summed E-state index contributed by atoms with van der Waals surface area (Å²) >= 11 is 0. The molecule has 1 unspecified atom stereocenters. The maximum absolute atomic E-state index is 11.9. The fourth-order valence-electron chi connectivity index (χ4n) is 3.81. The van der Waals surface area contributed by atoms with Gasteiger partial charge in [-0.2, -0.15) is 0 Å². The van der Waals surface area contributed by atoms with Crippen LogP contribution in [0.5, 0.6) is 0 Å². The van der Waals surface area contributed by atoms with E-state index < -0.39 is 17.9 Å². The van der Waals surface area contributed by atoms with E-state index in [0.29, 0.717) is 30.6 Å². The van der Waals surface area contributed by atoms with Crippen LogP contribution >= 0.6 is 0 Å². The average Bonchev–Trinajstić information content (AvgIpc) is 3.25. The van der Waals surface area contributed by atoms with E-state index in [1.165, 1.54) is 0 Å². The maximum atomic E-state index is 11.9. The Morgan fingerprint density at radius 1 is 1.16 bits per heavy atom. The van der Waals surface area contributed by atoms with Gasteiger partial charge in [-0.25, -0.2) is 9.97 Å². The number of aromatic amines is 1. The second kappa shape index (κ2) is 17.1. The number of esters is 1. The Morgan fingerprint density at radius 2 is 1.86 bits per heavy atom. The van der Waals surface area contributed by atoms with Crippen LogP contribution in [0.1, 0.15) is 66.6 Å². The number of fused-ring (bicyclic) bond motifs is 1. The molecule has 0 aliphatic rings. The number of rotatable bonds is 13. The minimum Gasteiger partial charge on any atom is -0.466 e. The number of carbonyl (C=O) groups is 3. The van der Waals surface area contributed by atoms with Gasteiger partial charge in [-0.3, -0.25) is 19.3 Å². The van der Waals surface area contributed by atoms with E-state index in [2.05, 4.69) is 71.0 Å². The van der Waals surface area contributed by atoms with Crippen molar-refractivity contribution in [3.05, 3.63) is 24.2 Å². The van der Waals surface area contributed by atoms with Crippen molar-refractivity contribution in [3.63, 3.8) is 0 Å². The van der Waals surface area contributed by atoms with Crippen molar-refractivity contribution in [1.82, 2.24) is 30.5 Å². The van der Waals surface area contributed by atoms with Crippen molar-refractivity contribution in [2.75, 3.05) is 19.7 Å². The summed E-state index contributed by atoms with van der Waals surface area (Å²) in [4.78, 5) is 49.2. The number of nitrogens with one attached hydrogen (secondary N) is 3. The molecule has 0 saturated carbocycles. The van der Waals surface area contributed by atoms with Crippen LogP contribution < -0.4 is 10.6 Å². The number of hydrogen-bond donors (Lipinski definition) is 3. The highest BCUT2D eigenvalue weighted by Crippen LogP contribution is 2.09. The van der Waals surface area contributed by atoms with Crippen molar-refractivity contribution in [1.29, 1.82) is 0 Å². The highest BCUT2D eigenvalue weighted by Gasteiger charge is 2.15. The van der Waals surface area contributed by atoms with Crippen LogP contribution in [0.3, 0.4) is 0 Å². The van der Waals surface area contributed by atoms with E-state index in [1.807, 2.05) is 12.1 Å². The molecule has 10 nitrogen and oxygen atoms in total. The van der Waals surface area contributed by atoms with Crippen molar-refractivity contribution >= 4 is 28.9 Å². The molecule has 0 aromatic carbocycles. The van der Waals surface area contributed by atoms with Gasteiger partial charge in [0.15, 0.2) is 5.65 Å². The number of terminal acetylenes is 1. The van der Waals surface area contributed by atoms with Crippen molar-refractivity contribution in [3.8, 4) is 12.3 Å². The molecule has 2 aromatic heterocycles. The zero-order chi connectivity index (χ0) is 27.8. The SMILES string of the molecule is C#CC(CC(=O)OCC)NC(=O)CNC(=O)CCCc1nc2ncccc2[nH]1.CCN(C(C)C)C(C)C. The third-order valence-corrected chi connectivity index (χ3v) is 5.47. The molecule has 0 aliphatic heterocycles. The molecule has 37 heavy (non-hydrogen) atoms. The number of H-pyrrole nitrogens is 1. The molecule has 0 bridgehead atoms. The quantitative estimate of drug-likeness (QED) is 0.277. The van der Waals surface area contributed by atoms with Crippen LogP contribution in [-0.4, -0.2) is 75.5 Å². The Labute approximate surface area is 220 Å². The summed E-state index contributed by atoms with van der Waals surface area (Å²) in [6.45, 7) is 14.0. The Balaban J connectivity index is 0.000000649. The van der Waals surface area contributed by atoms with E-state index in [0.717, 1.165) is 17.9 Å². The van der Waals surface area contributed by atoms with Crippen LogP contribution in [0.2, 0.25) is 0 Å². The molecule has 1 atom stereocenters. The second-order valence-electron chi connectivity index (χ2n) is 9.00. The maximum Gasteiger partial charge on any atom is 0.308 e. The van der Waals surface area contributed by atoms with Gasteiger partial charge in [-0.15, -0.1) is 6.42 Å². The smallest absolute Gasteiger partial charge is 0.308 e. The molecule has 2 rings (SSSR count). The normalized spacial score (nSPS) is 11.6. The summed E-state index contributed by atoms with van der Waals surface area (Å²) in [5.41, 5.74) is 1.49. The molecular formula is C27H42N6O4. The van der Waals surface area contributed by atoms with Gasteiger partial charge in [-0.1, -0.05) is 12.8 Å². The summed E-state index contributed by atoms with van der Waals surface area (Å²) in [5, 5.41) is 5.02. The minimum absolute atomic E-state index is 0.115. The number of imidazole rings is 1. The molecule has 0 radical (unpaired) electrons. The molecule has 2 heterocycles. The fraction of sp³-hybridized carbons (Fsp3) is 0.593. The predicted molar refractivity (Wildman–Crippen MR) is 145 cm³/mol. The van der Waals surface area contributed by atoms with Crippen LogP contribution in [0.4, 0.5) is 0 Å². The van der Waals surface area contributed by atoms with Gasteiger partial charge in [0.05, 0.1) is 25.1 Å². The van der Waals surface area contributed by atoms with Gasteiger partial charge >= 0.3 is 5.97 Å². The van der Waals surface area contributed by atoms with Gasteiger partial charge in [0.2, 0.25) is 11.8 Å². The van der Waals surface area contributed by atoms with Crippen molar-refractivity contribution in [2.24, 2.45) is 0 Å². The van der Waals surface area contributed by atoms with E-state index in [1.54, 1.807) is 13.1 Å². The molecule has 2 amide bonds. The molecule has 0 saturated heterocycles. The topological polar surface area (TPSA) is 129 Å². The summed E-state index contributed by atoms with van der Waals surface area (Å²) in [6.07, 6.45) is 8.27. The van der Waals surface area contributed by atoms with Crippen LogP contribution in [0.25, 0.3) is 11.2 Å². The summed E-state index contributed by atoms with van der Waals surface area (Å²) < 4.78 is 4.79. The minimum atomic E-state index is -0.773. The Hall–Kier alpha value is -3.45. The molecule has 0 aliphatic carbocycles. The number of aryl methyl sites for hydroxylation is 1. The lowest BCUT2D eigenvalue weighted by molar-refractivity contribution is -0.143. The van der Waals surface area contributed by atoms with Crippen molar-refractivity contribution in [2.45, 2.75) is 85.4 Å². The number of amides is 2. The first-order valence-electron chi connectivity index (χ1n) is 12.8. The van der Waals surface area contributed by atoms with E-state index in [9.17, 15) is 14.4 Å². The highest BCUT2D eigenvalue weighted by atomic mass is 16.5. The van der Waals surface area contributed by atoms with Gasteiger partial charge in [0.25, 0.3) is 0 Å². The Morgan fingerprint density at radius 3 is 2.41 bits per heavy atom. The van der Waals surface area contributed by atoms with E-state index in [4.69, 9.17) is 11.2 Å². The third-order valence-electron chi connectivity index (χ3n) is 5.47. The van der Waals surface area contributed by atoms with E-state index in [-0.39, 0.29) is 31.9 Å². The second-order valence-corrected chi connectivity index (χ2v) is 9.00. The molecular weight excluding hydrogens is 472 g/mol. The number of aromatic nitrogens is 3. The van der Waals surface area contributed by atoms with Crippen molar-refractivity contribution < 1.29 is 19.1 Å². The number of nitrogens with zero attached hydrogens (tertiary/aromatic N) is 3. The fourth-order valence-corrected chi connectivity index (χ4v) is 3.81. The highest BCUT2D eigenvalue weighted by molar-refractivity contribution is 5.85. The molecule has 10 heteroatoms. The van der Waals surface area contributed by atoms with Gasteiger partial charge in [0, 0.05) is 31.1 Å².